The number of rotatable bonds is 1. The van der Waals surface area contributed by atoms with Gasteiger partial charge in [-0.1, -0.05) is 0 Å². The summed E-state index contributed by atoms with van der Waals surface area (Å²) >= 11 is 3.32. The second-order valence-electron chi connectivity index (χ2n) is 4.23. The Bertz CT molecular complexity index is 419. The van der Waals surface area contributed by atoms with E-state index >= 15 is 0 Å². The maximum absolute atomic E-state index is 12.2. The Balaban J connectivity index is 2.23. The number of anilines is 1. The van der Waals surface area contributed by atoms with Crippen LogP contribution in [0.5, 0.6) is 0 Å². The van der Waals surface area contributed by atoms with E-state index in [1.165, 1.54) is 0 Å². The van der Waals surface area contributed by atoms with Crippen molar-refractivity contribution < 1.29 is 4.79 Å². The third-order valence-electron chi connectivity index (χ3n) is 3.06. The van der Waals surface area contributed by atoms with Crippen LogP contribution in [0.1, 0.15) is 30.1 Å². The summed E-state index contributed by atoms with van der Waals surface area (Å²) in [6.07, 6.45) is 2.19. The van der Waals surface area contributed by atoms with Gasteiger partial charge in [-0.2, -0.15) is 0 Å². The average Bonchev–Trinajstić information content (AvgIpc) is 2.67. The molecule has 1 unspecified atom stereocenters. The molecule has 0 aliphatic carbocycles. The van der Waals surface area contributed by atoms with Gasteiger partial charge in [-0.3, -0.25) is 4.79 Å². The van der Waals surface area contributed by atoms with Gasteiger partial charge in [0, 0.05) is 28.3 Å². The normalized spacial score (nSPS) is 20.1. The van der Waals surface area contributed by atoms with Crippen molar-refractivity contribution in [2.75, 3.05) is 12.3 Å². The first kappa shape index (κ1) is 11.5. The summed E-state index contributed by atoms with van der Waals surface area (Å²) in [5, 5.41) is 0. The van der Waals surface area contributed by atoms with Crippen LogP contribution in [0.3, 0.4) is 0 Å². The van der Waals surface area contributed by atoms with Gasteiger partial charge in [0.25, 0.3) is 5.91 Å². The van der Waals surface area contributed by atoms with Gasteiger partial charge in [0.1, 0.15) is 0 Å². The van der Waals surface area contributed by atoms with E-state index in [4.69, 9.17) is 5.73 Å². The van der Waals surface area contributed by atoms with E-state index < -0.39 is 0 Å². The van der Waals surface area contributed by atoms with Crippen molar-refractivity contribution in [1.82, 2.24) is 4.90 Å². The zero-order valence-corrected chi connectivity index (χ0v) is 10.8. The highest BCUT2D eigenvalue weighted by Gasteiger charge is 2.25. The van der Waals surface area contributed by atoms with Crippen LogP contribution < -0.4 is 5.73 Å². The number of nitrogens with zero attached hydrogens (tertiary/aromatic N) is 1. The minimum absolute atomic E-state index is 0.0872. The lowest BCUT2D eigenvalue weighted by Gasteiger charge is -2.21. The Hall–Kier alpha value is -1.03. The topological polar surface area (TPSA) is 46.3 Å². The van der Waals surface area contributed by atoms with Crippen LogP contribution in [-0.4, -0.2) is 23.4 Å². The molecule has 3 nitrogen and oxygen atoms in total. The third-order valence-corrected chi connectivity index (χ3v) is 3.78. The Morgan fingerprint density at radius 2 is 2.31 bits per heavy atom. The van der Waals surface area contributed by atoms with Crippen molar-refractivity contribution >= 4 is 27.5 Å². The summed E-state index contributed by atoms with van der Waals surface area (Å²) in [5.74, 6) is 0.0872. The number of amides is 1. The van der Waals surface area contributed by atoms with Gasteiger partial charge in [-0.05, 0) is 53.9 Å². The van der Waals surface area contributed by atoms with E-state index in [2.05, 4.69) is 22.9 Å². The van der Waals surface area contributed by atoms with Crippen molar-refractivity contribution in [1.29, 1.82) is 0 Å². The third kappa shape index (κ3) is 2.07. The predicted molar refractivity (Wildman–Crippen MR) is 68.3 cm³/mol. The van der Waals surface area contributed by atoms with Gasteiger partial charge in [-0.25, -0.2) is 0 Å². The molecule has 0 spiro atoms. The fourth-order valence-electron chi connectivity index (χ4n) is 2.08. The standard InChI is InChI=1S/C12H15BrN2O/c1-8-3-2-6-15(8)12(16)9-4-5-10(13)11(14)7-9/h4-5,7-8H,2-3,6,14H2,1H3. The highest BCUT2D eigenvalue weighted by atomic mass is 79.9. The first-order valence-electron chi connectivity index (χ1n) is 5.45. The molecule has 4 heteroatoms. The Labute approximate surface area is 104 Å². The number of halogens is 1. The number of carbonyl (C=O) groups is 1. The smallest absolute Gasteiger partial charge is 0.254 e. The van der Waals surface area contributed by atoms with E-state index in [1.807, 2.05) is 17.0 Å². The lowest BCUT2D eigenvalue weighted by atomic mass is 10.1. The minimum atomic E-state index is 0.0872. The number of nitrogen functional groups attached to an aromatic ring is 1. The van der Waals surface area contributed by atoms with Gasteiger partial charge in [0.2, 0.25) is 0 Å². The van der Waals surface area contributed by atoms with Crippen molar-refractivity contribution in [3.63, 3.8) is 0 Å². The van der Waals surface area contributed by atoms with E-state index in [-0.39, 0.29) is 5.91 Å². The summed E-state index contributed by atoms with van der Waals surface area (Å²) in [7, 11) is 0. The second kappa shape index (κ2) is 4.45. The van der Waals surface area contributed by atoms with E-state index in [9.17, 15) is 4.79 Å². The molecule has 2 N–H and O–H groups in total. The molecule has 1 fully saturated rings. The lowest BCUT2D eigenvalue weighted by Crippen LogP contribution is -2.33. The predicted octanol–water partition coefficient (Wildman–Crippen LogP) is 2.66. The van der Waals surface area contributed by atoms with Crippen molar-refractivity contribution in [3.05, 3.63) is 28.2 Å². The number of nitrogens with two attached hydrogens (primary N) is 1. The zero-order chi connectivity index (χ0) is 11.7. The molecule has 2 rings (SSSR count). The Morgan fingerprint density at radius 1 is 1.56 bits per heavy atom. The summed E-state index contributed by atoms with van der Waals surface area (Å²) in [6.45, 7) is 2.95. The minimum Gasteiger partial charge on any atom is -0.398 e. The molecule has 86 valence electrons. The molecule has 1 heterocycles. The van der Waals surface area contributed by atoms with Crippen molar-refractivity contribution in [3.8, 4) is 0 Å². The molecule has 1 aliphatic rings. The fraction of sp³-hybridized carbons (Fsp3) is 0.417. The molecule has 1 aromatic rings. The molecule has 1 saturated heterocycles. The van der Waals surface area contributed by atoms with Gasteiger partial charge in [0.05, 0.1) is 0 Å². The van der Waals surface area contributed by atoms with Crippen LogP contribution in [0.15, 0.2) is 22.7 Å². The Kier molecular flexibility index (Phi) is 3.19. The van der Waals surface area contributed by atoms with Crippen LogP contribution in [0.2, 0.25) is 0 Å². The van der Waals surface area contributed by atoms with Gasteiger partial charge < -0.3 is 10.6 Å². The van der Waals surface area contributed by atoms with Crippen LogP contribution in [0.25, 0.3) is 0 Å². The maximum Gasteiger partial charge on any atom is 0.254 e. The van der Waals surface area contributed by atoms with Gasteiger partial charge >= 0.3 is 0 Å². The van der Waals surface area contributed by atoms with Crippen LogP contribution in [0, 0.1) is 0 Å². The molecule has 0 bridgehead atoms. The molecule has 16 heavy (non-hydrogen) atoms. The summed E-state index contributed by atoms with van der Waals surface area (Å²) in [5.41, 5.74) is 7.06. The van der Waals surface area contributed by atoms with E-state index in [0.717, 1.165) is 23.9 Å². The number of hydrogen-bond acceptors (Lipinski definition) is 2. The van der Waals surface area contributed by atoms with Crippen molar-refractivity contribution in [2.45, 2.75) is 25.8 Å². The van der Waals surface area contributed by atoms with Gasteiger partial charge in [0.15, 0.2) is 0 Å². The molecule has 0 saturated carbocycles. The van der Waals surface area contributed by atoms with Crippen LogP contribution >= 0.6 is 15.9 Å². The zero-order valence-electron chi connectivity index (χ0n) is 9.24. The fourth-order valence-corrected chi connectivity index (χ4v) is 2.32. The van der Waals surface area contributed by atoms with E-state index in [0.29, 0.717) is 17.3 Å². The molecule has 1 atom stereocenters. The maximum atomic E-state index is 12.2. The summed E-state index contributed by atoms with van der Waals surface area (Å²) < 4.78 is 0.832. The molecular weight excluding hydrogens is 268 g/mol. The summed E-state index contributed by atoms with van der Waals surface area (Å²) in [4.78, 5) is 14.1. The number of carbonyl (C=O) groups excluding carboxylic acids is 1. The average molecular weight is 283 g/mol. The highest BCUT2D eigenvalue weighted by Crippen LogP contribution is 2.24. The molecular formula is C12H15BrN2O. The van der Waals surface area contributed by atoms with Crippen LogP contribution in [0.4, 0.5) is 5.69 Å². The van der Waals surface area contributed by atoms with Crippen LogP contribution in [-0.2, 0) is 0 Å². The quantitative estimate of drug-likeness (QED) is 0.805. The van der Waals surface area contributed by atoms with Crippen molar-refractivity contribution in [2.24, 2.45) is 0 Å². The Morgan fingerprint density at radius 3 is 2.88 bits per heavy atom. The molecule has 0 aromatic heterocycles. The number of likely N-dealkylation sites (tertiary alicyclic amines) is 1. The molecule has 0 radical (unpaired) electrons. The summed E-state index contributed by atoms with van der Waals surface area (Å²) in [6, 6.07) is 5.71. The second-order valence-corrected chi connectivity index (χ2v) is 5.08. The number of benzene rings is 1. The molecule has 1 amide bonds. The highest BCUT2D eigenvalue weighted by molar-refractivity contribution is 9.10. The first-order chi connectivity index (χ1) is 7.59. The van der Waals surface area contributed by atoms with Gasteiger partial charge in [-0.15, -0.1) is 0 Å². The monoisotopic (exact) mass is 282 g/mol. The lowest BCUT2D eigenvalue weighted by molar-refractivity contribution is 0.0747. The van der Waals surface area contributed by atoms with E-state index in [1.54, 1.807) is 6.07 Å². The largest absolute Gasteiger partial charge is 0.398 e. The molecule has 1 aliphatic heterocycles. The molecule has 1 aromatic carbocycles. The SMILES string of the molecule is CC1CCCN1C(=O)c1ccc(Br)c(N)c1. The number of hydrogen-bond donors (Lipinski definition) is 1. The first-order valence-corrected chi connectivity index (χ1v) is 6.25.